The lowest BCUT2D eigenvalue weighted by atomic mass is 10.2. The summed E-state index contributed by atoms with van der Waals surface area (Å²) in [5.74, 6) is -0.0370. The Morgan fingerprint density at radius 3 is 2.72 bits per heavy atom. The second-order valence-corrected chi connectivity index (χ2v) is 4.70. The molecule has 1 aliphatic rings. The lowest BCUT2D eigenvalue weighted by Crippen LogP contribution is -2.47. The monoisotopic (exact) mass is 268 g/mol. The number of nitrogens with zero attached hydrogens (tertiary/aromatic N) is 1. The first-order chi connectivity index (χ1) is 8.68. The Kier molecular flexibility index (Phi) is 4.58. The maximum atomic E-state index is 12.1. The van der Waals surface area contributed by atoms with Gasteiger partial charge in [-0.25, -0.2) is 0 Å². The first-order valence-electron chi connectivity index (χ1n) is 6.05. The maximum Gasteiger partial charge on any atom is 0.241 e. The van der Waals surface area contributed by atoms with Crippen molar-refractivity contribution in [3.63, 3.8) is 0 Å². The summed E-state index contributed by atoms with van der Waals surface area (Å²) in [6, 6.07) is 7.07. The molecule has 1 N–H and O–H groups in total. The zero-order valence-corrected chi connectivity index (χ0v) is 11.1. The quantitative estimate of drug-likeness (QED) is 0.912. The van der Waals surface area contributed by atoms with Gasteiger partial charge in [0.1, 0.15) is 0 Å². The van der Waals surface area contributed by atoms with Crippen LogP contribution in [0.4, 0.5) is 5.69 Å². The zero-order valence-electron chi connectivity index (χ0n) is 10.4. The number of benzene rings is 1. The fourth-order valence-corrected chi connectivity index (χ4v) is 2.11. The Bertz CT molecular complexity index is 419. The summed E-state index contributed by atoms with van der Waals surface area (Å²) in [6.45, 7) is 4.85. The van der Waals surface area contributed by atoms with E-state index in [2.05, 4.69) is 10.2 Å². The van der Waals surface area contributed by atoms with Crippen LogP contribution < -0.4 is 5.32 Å². The number of anilines is 1. The van der Waals surface area contributed by atoms with Crippen LogP contribution in [-0.4, -0.2) is 43.2 Å². The molecule has 0 radical (unpaired) electrons. The summed E-state index contributed by atoms with van der Waals surface area (Å²) in [6.07, 6.45) is 0. The van der Waals surface area contributed by atoms with Crippen LogP contribution in [0.5, 0.6) is 0 Å². The third-order valence-electron chi connectivity index (χ3n) is 3.10. The van der Waals surface area contributed by atoms with Gasteiger partial charge in [-0.1, -0.05) is 23.7 Å². The van der Waals surface area contributed by atoms with E-state index in [0.29, 0.717) is 23.9 Å². The molecule has 1 amide bonds. The number of nitrogens with one attached hydrogen (secondary N) is 1. The number of rotatable bonds is 3. The zero-order chi connectivity index (χ0) is 13.0. The summed E-state index contributed by atoms with van der Waals surface area (Å²) in [5, 5.41) is 3.41. The molecule has 0 saturated carbocycles. The predicted molar refractivity (Wildman–Crippen MR) is 71.9 cm³/mol. The average Bonchev–Trinajstić information content (AvgIpc) is 2.41. The lowest BCUT2D eigenvalue weighted by molar-refractivity contribution is -0.122. The number of carbonyl (C=O) groups is 1. The summed E-state index contributed by atoms with van der Waals surface area (Å²) < 4.78 is 5.27. The van der Waals surface area contributed by atoms with Gasteiger partial charge < -0.3 is 10.1 Å². The molecular formula is C13H17ClN2O2. The summed E-state index contributed by atoms with van der Waals surface area (Å²) >= 11 is 6.01. The highest BCUT2D eigenvalue weighted by atomic mass is 35.5. The van der Waals surface area contributed by atoms with Gasteiger partial charge in [-0.2, -0.15) is 0 Å². The van der Waals surface area contributed by atoms with Crippen molar-refractivity contribution in [3.8, 4) is 0 Å². The average molecular weight is 269 g/mol. The highest BCUT2D eigenvalue weighted by molar-refractivity contribution is 6.33. The minimum Gasteiger partial charge on any atom is -0.379 e. The Morgan fingerprint density at radius 2 is 2.06 bits per heavy atom. The number of hydrogen-bond acceptors (Lipinski definition) is 3. The predicted octanol–water partition coefficient (Wildman–Crippen LogP) is 2.00. The molecule has 1 aliphatic heterocycles. The van der Waals surface area contributed by atoms with Gasteiger partial charge in [0.25, 0.3) is 0 Å². The molecule has 0 aliphatic carbocycles. The van der Waals surface area contributed by atoms with Crippen LogP contribution in [0, 0.1) is 0 Å². The normalized spacial score (nSPS) is 18.3. The molecule has 18 heavy (non-hydrogen) atoms. The molecular weight excluding hydrogens is 252 g/mol. The molecule has 1 aromatic rings. The number of carbonyl (C=O) groups excluding carboxylic acids is 1. The van der Waals surface area contributed by atoms with Gasteiger partial charge in [0, 0.05) is 13.1 Å². The van der Waals surface area contributed by atoms with Crippen LogP contribution in [0.25, 0.3) is 0 Å². The summed E-state index contributed by atoms with van der Waals surface area (Å²) in [4.78, 5) is 14.2. The second-order valence-electron chi connectivity index (χ2n) is 4.29. The molecule has 0 spiro atoms. The van der Waals surface area contributed by atoms with E-state index in [1.165, 1.54) is 0 Å². The van der Waals surface area contributed by atoms with Gasteiger partial charge in [-0.3, -0.25) is 9.69 Å². The van der Waals surface area contributed by atoms with E-state index in [9.17, 15) is 4.79 Å². The highest BCUT2D eigenvalue weighted by Crippen LogP contribution is 2.21. The second kappa shape index (κ2) is 6.18. The summed E-state index contributed by atoms with van der Waals surface area (Å²) in [5.41, 5.74) is 0.657. The van der Waals surface area contributed by atoms with Crippen molar-refractivity contribution < 1.29 is 9.53 Å². The third-order valence-corrected chi connectivity index (χ3v) is 3.43. The van der Waals surface area contributed by atoms with E-state index >= 15 is 0 Å². The van der Waals surface area contributed by atoms with Gasteiger partial charge in [0.05, 0.1) is 30.0 Å². The van der Waals surface area contributed by atoms with Gasteiger partial charge in [-0.05, 0) is 19.1 Å². The molecule has 5 heteroatoms. The number of amides is 1. The number of morpholine rings is 1. The topological polar surface area (TPSA) is 41.6 Å². The van der Waals surface area contributed by atoms with Crippen LogP contribution in [0.2, 0.25) is 5.02 Å². The fraction of sp³-hybridized carbons (Fsp3) is 0.462. The smallest absolute Gasteiger partial charge is 0.241 e. The van der Waals surface area contributed by atoms with Crippen molar-refractivity contribution in [2.45, 2.75) is 13.0 Å². The van der Waals surface area contributed by atoms with Crippen molar-refractivity contribution in [2.24, 2.45) is 0 Å². The first kappa shape index (κ1) is 13.3. The molecule has 0 aromatic heterocycles. The standard InChI is InChI=1S/C13H17ClN2O2/c1-10(16-6-8-18-9-7-16)13(17)15-12-5-3-2-4-11(12)14/h2-5,10H,6-9H2,1H3,(H,15,17). The molecule has 1 atom stereocenters. The van der Waals surface area contributed by atoms with Crippen molar-refractivity contribution in [1.82, 2.24) is 4.90 Å². The van der Waals surface area contributed by atoms with Crippen molar-refractivity contribution in [2.75, 3.05) is 31.6 Å². The van der Waals surface area contributed by atoms with Crippen LogP contribution in [-0.2, 0) is 9.53 Å². The molecule has 2 rings (SSSR count). The minimum atomic E-state index is -0.176. The van der Waals surface area contributed by atoms with Gasteiger partial charge >= 0.3 is 0 Å². The number of halogens is 1. The van der Waals surface area contributed by atoms with Crippen molar-refractivity contribution in [1.29, 1.82) is 0 Å². The van der Waals surface area contributed by atoms with E-state index in [1.54, 1.807) is 12.1 Å². The molecule has 1 fully saturated rings. The minimum absolute atomic E-state index is 0.0370. The molecule has 4 nitrogen and oxygen atoms in total. The molecule has 98 valence electrons. The van der Waals surface area contributed by atoms with Crippen molar-refractivity contribution >= 4 is 23.2 Å². The van der Waals surface area contributed by atoms with Gasteiger partial charge in [0.2, 0.25) is 5.91 Å². The fourth-order valence-electron chi connectivity index (χ4n) is 1.93. The van der Waals surface area contributed by atoms with Crippen molar-refractivity contribution in [3.05, 3.63) is 29.3 Å². The largest absolute Gasteiger partial charge is 0.379 e. The first-order valence-corrected chi connectivity index (χ1v) is 6.43. The lowest BCUT2D eigenvalue weighted by Gasteiger charge is -2.31. The van der Waals surface area contributed by atoms with Crippen LogP contribution in [0.3, 0.4) is 0 Å². The van der Waals surface area contributed by atoms with Gasteiger partial charge in [0.15, 0.2) is 0 Å². The molecule has 1 heterocycles. The SMILES string of the molecule is CC(C(=O)Nc1ccccc1Cl)N1CCOCC1. The van der Waals surface area contributed by atoms with E-state index in [1.807, 2.05) is 19.1 Å². The molecule has 1 unspecified atom stereocenters. The number of ether oxygens (including phenoxy) is 1. The summed E-state index contributed by atoms with van der Waals surface area (Å²) in [7, 11) is 0. The Labute approximate surface area is 112 Å². The molecule has 0 bridgehead atoms. The Balaban J connectivity index is 1.97. The molecule has 1 aromatic carbocycles. The Morgan fingerprint density at radius 1 is 1.39 bits per heavy atom. The van der Waals surface area contributed by atoms with Crippen LogP contribution in [0.1, 0.15) is 6.92 Å². The van der Waals surface area contributed by atoms with E-state index < -0.39 is 0 Å². The number of hydrogen-bond donors (Lipinski definition) is 1. The van der Waals surface area contributed by atoms with Crippen LogP contribution in [0.15, 0.2) is 24.3 Å². The van der Waals surface area contributed by atoms with E-state index in [0.717, 1.165) is 13.1 Å². The highest BCUT2D eigenvalue weighted by Gasteiger charge is 2.23. The van der Waals surface area contributed by atoms with Crippen LogP contribution >= 0.6 is 11.6 Å². The molecule has 1 saturated heterocycles. The third kappa shape index (κ3) is 3.22. The Hall–Kier alpha value is -1.10. The van der Waals surface area contributed by atoms with E-state index in [-0.39, 0.29) is 11.9 Å². The van der Waals surface area contributed by atoms with Gasteiger partial charge in [-0.15, -0.1) is 0 Å². The maximum absolute atomic E-state index is 12.1. The van der Waals surface area contributed by atoms with E-state index in [4.69, 9.17) is 16.3 Å². The number of para-hydroxylation sites is 1.